The molecule has 0 fully saturated rings. The summed E-state index contributed by atoms with van der Waals surface area (Å²) in [6.07, 6.45) is 1.99. The minimum Gasteiger partial charge on any atom is -0.497 e. The van der Waals surface area contributed by atoms with E-state index >= 15 is 0 Å². The Kier molecular flexibility index (Phi) is 7.73. The number of carbonyl (C=O) groups excluding carboxylic acids is 1. The molecule has 0 aliphatic heterocycles. The number of anilines is 2. The fourth-order valence-corrected chi connectivity index (χ4v) is 3.92. The highest BCUT2D eigenvalue weighted by molar-refractivity contribution is 7.98. The summed E-state index contributed by atoms with van der Waals surface area (Å²) in [6.45, 7) is 1.99. The maximum absolute atomic E-state index is 12.7. The van der Waals surface area contributed by atoms with Gasteiger partial charge in [-0.15, -0.1) is 0 Å². The van der Waals surface area contributed by atoms with E-state index in [2.05, 4.69) is 15.4 Å². The van der Waals surface area contributed by atoms with Gasteiger partial charge in [0.15, 0.2) is 0 Å². The highest BCUT2D eigenvalue weighted by atomic mass is 32.2. The Hall–Kier alpha value is -2.23. The van der Waals surface area contributed by atoms with Crippen molar-refractivity contribution >= 4 is 39.1 Å². The Labute approximate surface area is 170 Å². The molecule has 0 heterocycles. The molecule has 1 atom stereocenters. The fraction of sp³-hybridized carbons (Fsp3) is 0.316. The van der Waals surface area contributed by atoms with E-state index in [1.807, 2.05) is 13.2 Å². The third kappa shape index (κ3) is 5.88. The molecule has 0 bridgehead atoms. The second-order valence-electron chi connectivity index (χ2n) is 6.14. The Morgan fingerprint density at radius 2 is 1.82 bits per heavy atom. The molecular formula is C19H25N3O4S2. The standard InChI is InChI=1S/C19H25N3O4S2/c1-13(12-27-4)21-16-9-14(10-18(11-16)28(24,25)20-2)19(23)22-15-5-7-17(26-3)8-6-15/h5-11,13,20-21H,12H2,1-4H3,(H,22,23). The van der Waals surface area contributed by atoms with Gasteiger partial charge in [0.2, 0.25) is 10.0 Å². The number of methoxy groups -OCH3 is 1. The number of benzene rings is 2. The molecule has 2 aromatic carbocycles. The lowest BCUT2D eigenvalue weighted by atomic mass is 10.1. The summed E-state index contributed by atoms with van der Waals surface area (Å²) in [5, 5.41) is 6.01. The second-order valence-corrected chi connectivity index (χ2v) is 8.93. The average Bonchev–Trinajstić information content (AvgIpc) is 2.68. The second kappa shape index (κ2) is 9.81. The largest absolute Gasteiger partial charge is 0.497 e. The molecule has 1 amide bonds. The van der Waals surface area contributed by atoms with Gasteiger partial charge in [-0.2, -0.15) is 11.8 Å². The van der Waals surface area contributed by atoms with E-state index in [9.17, 15) is 13.2 Å². The van der Waals surface area contributed by atoms with Crippen LogP contribution in [-0.4, -0.2) is 46.5 Å². The maximum atomic E-state index is 12.7. The summed E-state index contributed by atoms with van der Waals surface area (Å²) in [6, 6.07) is 11.5. The Balaban J connectivity index is 2.34. The smallest absolute Gasteiger partial charge is 0.255 e. The summed E-state index contributed by atoms with van der Waals surface area (Å²) >= 11 is 1.68. The van der Waals surface area contributed by atoms with E-state index in [0.717, 1.165) is 5.75 Å². The average molecular weight is 424 g/mol. The first-order valence-electron chi connectivity index (χ1n) is 8.58. The zero-order chi connectivity index (χ0) is 20.7. The topological polar surface area (TPSA) is 96.5 Å². The number of amides is 1. The predicted octanol–water partition coefficient (Wildman–Crippen LogP) is 3.02. The van der Waals surface area contributed by atoms with Crippen molar-refractivity contribution in [3.63, 3.8) is 0 Å². The van der Waals surface area contributed by atoms with Crippen LogP contribution in [0.3, 0.4) is 0 Å². The zero-order valence-electron chi connectivity index (χ0n) is 16.3. The molecule has 2 aromatic rings. The number of ether oxygens (including phenoxy) is 1. The quantitative estimate of drug-likeness (QED) is 0.574. The van der Waals surface area contributed by atoms with E-state index in [4.69, 9.17) is 4.74 Å². The van der Waals surface area contributed by atoms with Crippen molar-refractivity contribution in [3.8, 4) is 5.75 Å². The third-order valence-electron chi connectivity index (χ3n) is 3.93. The van der Waals surface area contributed by atoms with Crippen LogP contribution in [0.1, 0.15) is 17.3 Å². The first-order valence-corrected chi connectivity index (χ1v) is 11.5. The molecule has 0 saturated carbocycles. The molecule has 28 heavy (non-hydrogen) atoms. The first kappa shape index (κ1) is 22.1. The van der Waals surface area contributed by atoms with Gasteiger partial charge in [-0.05, 0) is 62.7 Å². The van der Waals surface area contributed by atoms with E-state index in [-0.39, 0.29) is 16.5 Å². The lowest BCUT2D eigenvalue weighted by Gasteiger charge is -2.16. The van der Waals surface area contributed by atoms with Crippen molar-refractivity contribution in [2.75, 3.05) is 36.8 Å². The molecule has 9 heteroatoms. The molecule has 0 aliphatic carbocycles. The van der Waals surface area contributed by atoms with Gasteiger partial charge in [0.25, 0.3) is 5.91 Å². The predicted molar refractivity (Wildman–Crippen MR) is 115 cm³/mol. The minimum absolute atomic E-state index is 0.0243. The molecule has 7 nitrogen and oxygen atoms in total. The van der Waals surface area contributed by atoms with Crippen LogP contribution in [0.2, 0.25) is 0 Å². The van der Waals surface area contributed by atoms with E-state index in [1.165, 1.54) is 19.2 Å². The van der Waals surface area contributed by atoms with E-state index in [0.29, 0.717) is 17.1 Å². The van der Waals surface area contributed by atoms with Crippen LogP contribution in [0, 0.1) is 0 Å². The normalized spacial score (nSPS) is 12.3. The van der Waals surface area contributed by atoms with Crippen LogP contribution in [0.4, 0.5) is 11.4 Å². The SMILES string of the molecule is CNS(=O)(=O)c1cc(NC(C)CSC)cc(C(=O)Nc2ccc(OC)cc2)c1. The third-order valence-corrected chi connectivity index (χ3v) is 6.15. The number of nitrogens with one attached hydrogen (secondary N) is 3. The molecule has 0 aliphatic rings. The van der Waals surface area contributed by atoms with Gasteiger partial charge in [-0.3, -0.25) is 4.79 Å². The molecule has 0 saturated heterocycles. The molecule has 0 aromatic heterocycles. The lowest BCUT2D eigenvalue weighted by Crippen LogP contribution is -2.22. The van der Waals surface area contributed by atoms with Crippen LogP contribution in [-0.2, 0) is 10.0 Å². The number of hydrogen-bond acceptors (Lipinski definition) is 6. The van der Waals surface area contributed by atoms with Crippen LogP contribution < -0.4 is 20.1 Å². The van der Waals surface area contributed by atoms with Gasteiger partial charge in [-0.1, -0.05) is 0 Å². The molecule has 1 unspecified atom stereocenters. The number of rotatable bonds is 9. The van der Waals surface area contributed by atoms with Crippen molar-refractivity contribution in [1.29, 1.82) is 0 Å². The number of sulfonamides is 1. The van der Waals surface area contributed by atoms with Crippen molar-refractivity contribution < 1.29 is 17.9 Å². The van der Waals surface area contributed by atoms with Crippen molar-refractivity contribution in [2.24, 2.45) is 0 Å². The molecule has 3 N–H and O–H groups in total. The molecule has 152 valence electrons. The lowest BCUT2D eigenvalue weighted by molar-refractivity contribution is 0.102. The van der Waals surface area contributed by atoms with Crippen molar-refractivity contribution in [1.82, 2.24) is 4.72 Å². The maximum Gasteiger partial charge on any atom is 0.255 e. The van der Waals surface area contributed by atoms with Gasteiger partial charge in [0.05, 0.1) is 12.0 Å². The van der Waals surface area contributed by atoms with Crippen LogP contribution in [0.15, 0.2) is 47.4 Å². The van der Waals surface area contributed by atoms with Crippen LogP contribution in [0.5, 0.6) is 5.75 Å². The van der Waals surface area contributed by atoms with Gasteiger partial charge in [-0.25, -0.2) is 13.1 Å². The molecule has 0 radical (unpaired) electrons. The van der Waals surface area contributed by atoms with Crippen LogP contribution in [0.25, 0.3) is 0 Å². The minimum atomic E-state index is -3.70. The molecule has 2 rings (SSSR count). The van der Waals surface area contributed by atoms with Crippen molar-refractivity contribution in [2.45, 2.75) is 17.9 Å². The Bertz CT molecular complexity index is 915. The van der Waals surface area contributed by atoms with Gasteiger partial charge in [0.1, 0.15) is 5.75 Å². The summed E-state index contributed by atoms with van der Waals surface area (Å²) in [5.41, 5.74) is 1.39. The number of hydrogen-bond donors (Lipinski definition) is 3. The number of carbonyl (C=O) groups is 1. The van der Waals surface area contributed by atoms with E-state index < -0.39 is 15.9 Å². The zero-order valence-corrected chi connectivity index (χ0v) is 17.9. The highest BCUT2D eigenvalue weighted by Crippen LogP contribution is 2.22. The first-order chi connectivity index (χ1) is 13.3. The van der Waals surface area contributed by atoms with Crippen molar-refractivity contribution in [3.05, 3.63) is 48.0 Å². The van der Waals surface area contributed by atoms with Crippen LogP contribution >= 0.6 is 11.8 Å². The number of thioether (sulfide) groups is 1. The van der Waals surface area contributed by atoms with E-state index in [1.54, 1.807) is 49.2 Å². The Morgan fingerprint density at radius 3 is 2.39 bits per heavy atom. The summed E-state index contributed by atoms with van der Waals surface area (Å²) in [7, 11) is -0.799. The Morgan fingerprint density at radius 1 is 1.14 bits per heavy atom. The molecule has 0 spiro atoms. The van der Waals surface area contributed by atoms with Gasteiger partial charge < -0.3 is 15.4 Å². The fourth-order valence-electron chi connectivity index (χ4n) is 2.54. The van der Waals surface area contributed by atoms with Gasteiger partial charge in [0, 0.05) is 28.7 Å². The monoisotopic (exact) mass is 423 g/mol. The summed E-state index contributed by atoms with van der Waals surface area (Å²) in [5.74, 6) is 1.12. The van der Waals surface area contributed by atoms with Gasteiger partial charge >= 0.3 is 0 Å². The summed E-state index contributed by atoms with van der Waals surface area (Å²) < 4.78 is 31.9. The molecular weight excluding hydrogens is 398 g/mol. The summed E-state index contributed by atoms with van der Waals surface area (Å²) in [4.78, 5) is 12.7. The highest BCUT2D eigenvalue weighted by Gasteiger charge is 2.17.